The van der Waals surface area contributed by atoms with Gasteiger partial charge in [-0.2, -0.15) is 0 Å². The molecule has 0 aromatic carbocycles. The lowest BCUT2D eigenvalue weighted by molar-refractivity contribution is -0.147. The lowest BCUT2D eigenvalue weighted by Crippen LogP contribution is -2.30. The fourth-order valence-electron chi connectivity index (χ4n) is 6.12. The zero-order valence-corrected chi connectivity index (χ0v) is 42.6. The number of esters is 1. The van der Waals surface area contributed by atoms with Gasteiger partial charge in [-0.1, -0.05) is 194 Å². The normalized spacial score (nSPS) is 11.3. The molecular formula is C50H105NO17. The topological polar surface area (TPSA) is 358 Å². The third-order valence-electron chi connectivity index (χ3n) is 10.5. The SMILES string of the molecule is CCCCCCCCCCCCCCCCCC(=O)O.CCCCCCCCCCCCCCCCCC(=O)OCC(O)CO.NC(CCC(=O)O)C(=O)O.O.OCC(O)CO.OCC(O)CO. The Morgan fingerprint density at radius 3 is 0.868 bits per heavy atom. The summed E-state index contributed by atoms with van der Waals surface area (Å²) in [6.07, 6.45) is 37.1. The minimum absolute atomic E-state index is 0. The van der Waals surface area contributed by atoms with E-state index in [0.717, 1.165) is 25.7 Å². The molecule has 0 aliphatic carbocycles. The quantitative estimate of drug-likeness (QED) is 0.0227. The molecule has 0 aliphatic rings. The van der Waals surface area contributed by atoms with E-state index in [4.69, 9.17) is 66.6 Å². The first-order valence-electron chi connectivity index (χ1n) is 25.8. The second kappa shape index (κ2) is 66.6. The molecule has 18 nitrogen and oxygen atoms in total. The highest BCUT2D eigenvalue weighted by Crippen LogP contribution is 2.15. The average molecular weight is 992 g/mol. The molecule has 0 amide bonds. The minimum Gasteiger partial charge on any atom is -0.481 e. The van der Waals surface area contributed by atoms with Crippen LogP contribution in [0, 0.1) is 0 Å². The van der Waals surface area contributed by atoms with Gasteiger partial charge >= 0.3 is 23.9 Å². The largest absolute Gasteiger partial charge is 0.481 e. The molecule has 0 saturated carbocycles. The van der Waals surface area contributed by atoms with Gasteiger partial charge in [-0.15, -0.1) is 0 Å². The highest BCUT2D eigenvalue weighted by atomic mass is 16.5. The molecule has 2 unspecified atom stereocenters. The monoisotopic (exact) mass is 992 g/mol. The Balaban J connectivity index is -0.000000197. The Kier molecular flexibility index (Phi) is 75.3. The molecule has 2 atom stereocenters. The van der Waals surface area contributed by atoms with Gasteiger partial charge in [0, 0.05) is 19.3 Å². The number of hydrogen-bond acceptors (Lipinski definition) is 14. The first kappa shape index (κ1) is 77.0. The Hall–Kier alpha value is -2.52. The van der Waals surface area contributed by atoms with Crippen molar-refractivity contribution in [3.63, 3.8) is 0 Å². The number of ether oxygens (including phenoxy) is 1. The van der Waals surface area contributed by atoms with Crippen LogP contribution in [0.4, 0.5) is 0 Å². The molecule has 0 rings (SSSR count). The van der Waals surface area contributed by atoms with E-state index in [-0.39, 0.29) is 63.9 Å². The highest BCUT2D eigenvalue weighted by Gasteiger charge is 2.12. The lowest BCUT2D eigenvalue weighted by Gasteiger charge is -2.08. The minimum atomic E-state index is -1.17. The fourth-order valence-corrected chi connectivity index (χ4v) is 6.12. The molecule has 0 radical (unpaired) electrons. The van der Waals surface area contributed by atoms with Crippen molar-refractivity contribution >= 4 is 23.9 Å². The zero-order valence-electron chi connectivity index (χ0n) is 42.6. The maximum absolute atomic E-state index is 11.4. The smallest absolute Gasteiger partial charge is 0.320 e. The van der Waals surface area contributed by atoms with Crippen LogP contribution < -0.4 is 5.73 Å². The Morgan fingerprint density at radius 1 is 0.397 bits per heavy atom. The van der Waals surface area contributed by atoms with Crippen LogP contribution in [0.25, 0.3) is 0 Å². The summed E-state index contributed by atoms with van der Waals surface area (Å²) in [7, 11) is 0. The van der Waals surface area contributed by atoms with Crippen molar-refractivity contribution < 1.29 is 85.6 Å². The molecule has 0 aromatic rings. The van der Waals surface area contributed by atoms with Crippen LogP contribution in [-0.2, 0) is 23.9 Å². The molecule has 0 aliphatic heterocycles. The summed E-state index contributed by atoms with van der Waals surface area (Å²) in [5.41, 5.74) is 5.00. The summed E-state index contributed by atoms with van der Waals surface area (Å²) in [4.78, 5) is 41.6. The number of carboxylic acids is 3. The van der Waals surface area contributed by atoms with Crippen molar-refractivity contribution in [1.82, 2.24) is 0 Å². The second-order valence-corrected chi connectivity index (χ2v) is 17.2. The van der Waals surface area contributed by atoms with Crippen LogP contribution in [-0.4, -0.2) is 150 Å². The number of carbonyl (C=O) groups excluding carboxylic acids is 1. The summed E-state index contributed by atoms with van der Waals surface area (Å²) < 4.78 is 4.86. The summed E-state index contributed by atoms with van der Waals surface area (Å²) in [6, 6.07) is -1.06. The summed E-state index contributed by atoms with van der Waals surface area (Å²) in [5.74, 6) is -3.13. The number of aliphatic hydroxyl groups excluding tert-OH is 8. The van der Waals surface area contributed by atoms with E-state index in [1.165, 1.54) is 167 Å². The van der Waals surface area contributed by atoms with E-state index in [2.05, 4.69) is 13.8 Å². The van der Waals surface area contributed by atoms with Gasteiger partial charge < -0.3 is 72.1 Å². The summed E-state index contributed by atoms with van der Waals surface area (Å²) in [5, 5.41) is 90.5. The number of carboxylic acid groups (broad SMARTS) is 3. The Labute approximate surface area is 410 Å². The number of aliphatic carboxylic acids is 3. The predicted molar refractivity (Wildman–Crippen MR) is 267 cm³/mol. The zero-order chi connectivity index (χ0) is 51.6. The molecule has 15 N–H and O–H groups in total. The lowest BCUT2D eigenvalue weighted by atomic mass is 10.0. The van der Waals surface area contributed by atoms with E-state index in [9.17, 15) is 19.2 Å². The number of unbranched alkanes of at least 4 members (excludes halogenated alkanes) is 28. The molecule has 68 heavy (non-hydrogen) atoms. The van der Waals surface area contributed by atoms with Crippen LogP contribution >= 0.6 is 0 Å². The molecule has 412 valence electrons. The molecule has 18 heteroatoms. The average Bonchev–Trinajstić information content (AvgIpc) is 3.32. The van der Waals surface area contributed by atoms with Crippen molar-refractivity contribution in [1.29, 1.82) is 0 Å². The number of nitrogens with two attached hydrogens (primary N) is 1. The highest BCUT2D eigenvalue weighted by molar-refractivity contribution is 5.74. The van der Waals surface area contributed by atoms with E-state index >= 15 is 0 Å². The van der Waals surface area contributed by atoms with Gasteiger partial charge in [0.05, 0.1) is 33.0 Å². The van der Waals surface area contributed by atoms with Crippen molar-refractivity contribution in [3.8, 4) is 0 Å². The first-order chi connectivity index (χ1) is 32.1. The molecule has 0 bridgehead atoms. The van der Waals surface area contributed by atoms with Gasteiger partial charge in [-0.3, -0.25) is 19.2 Å². The van der Waals surface area contributed by atoms with E-state index < -0.39 is 42.3 Å². The third-order valence-corrected chi connectivity index (χ3v) is 10.5. The Morgan fingerprint density at radius 2 is 0.647 bits per heavy atom. The number of hydrogen-bond donors (Lipinski definition) is 12. The fraction of sp³-hybridized carbons (Fsp3) is 0.920. The third kappa shape index (κ3) is 80.5. The summed E-state index contributed by atoms with van der Waals surface area (Å²) in [6.45, 7) is 2.60. The predicted octanol–water partition coefficient (Wildman–Crippen LogP) is 6.58. The number of aliphatic hydroxyl groups is 8. The van der Waals surface area contributed by atoms with Gasteiger partial charge in [-0.25, -0.2) is 0 Å². The first-order valence-corrected chi connectivity index (χ1v) is 25.8. The van der Waals surface area contributed by atoms with Crippen molar-refractivity contribution in [2.45, 2.75) is 257 Å². The summed E-state index contributed by atoms with van der Waals surface area (Å²) >= 11 is 0. The maximum Gasteiger partial charge on any atom is 0.320 e. The van der Waals surface area contributed by atoms with Gasteiger partial charge in [0.15, 0.2) is 0 Å². The van der Waals surface area contributed by atoms with Crippen molar-refractivity contribution in [2.24, 2.45) is 5.73 Å². The second-order valence-electron chi connectivity index (χ2n) is 17.2. The van der Waals surface area contributed by atoms with Gasteiger partial charge in [0.1, 0.15) is 31.0 Å². The Bertz CT molecular complexity index is 993. The van der Waals surface area contributed by atoms with E-state index in [1.54, 1.807) is 0 Å². The van der Waals surface area contributed by atoms with Gasteiger partial charge in [0.2, 0.25) is 0 Å². The molecule has 0 saturated heterocycles. The molecule has 0 aromatic heterocycles. The van der Waals surface area contributed by atoms with Gasteiger partial charge in [0.25, 0.3) is 0 Å². The maximum atomic E-state index is 11.4. The van der Waals surface area contributed by atoms with Crippen LogP contribution in [0.3, 0.4) is 0 Å². The van der Waals surface area contributed by atoms with Crippen LogP contribution in [0.5, 0.6) is 0 Å². The van der Waals surface area contributed by atoms with Crippen LogP contribution in [0.1, 0.15) is 232 Å². The van der Waals surface area contributed by atoms with E-state index in [1.807, 2.05) is 0 Å². The van der Waals surface area contributed by atoms with Gasteiger partial charge in [-0.05, 0) is 19.3 Å². The van der Waals surface area contributed by atoms with Crippen LogP contribution in [0.2, 0.25) is 0 Å². The molecule has 0 heterocycles. The van der Waals surface area contributed by atoms with Crippen molar-refractivity contribution in [2.75, 3.05) is 39.6 Å². The van der Waals surface area contributed by atoms with Crippen LogP contribution in [0.15, 0.2) is 0 Å². The number of carbonyl (C=O) groups is 4. The molecule has 0 spiro atoms. The molecule has 0 fully saturated rings. The standard InChI is InChI=1S/C21H42O4.C18H36O2.C5H9NO4.2C3H8O3.H2O/c1-2-3-4-5-6-7-8-9-10-11-12-13-14-15-16-17-21(24)25-19-20(23)18-22;1-2-3-4-5-6-7-8-9-10-11-12-13-14-15-16-17-18(19)20;6-3(5(9)10)1-2-4(7)8;2*4-1-3(6)2-5;/h20,22-23H,2-19H2,1H3;2-17H2,1H3,(H,19,20);3H,1-2,6H2,(H,7,8)(H,9,10);2*3-6H,1-2H2;1H2. The van der Waals surface area contributed by atoms with Crippen molar-refractivity contribution in [3.05, 3.63) is 0 Å². The number of rotatable bonds is 43. The molecular weight excluding hydrogens is 887 g/mol. The van der Waals surface area contributed by atoms with E-state index in [0.29, 0.717) is 12.8 Å².